The van der Waals surface area contributed by atoms with Crippen molar-refractivity contribution in [3.63, 3.8) is 0 Å². The van der Waals surface area contributed by atoms with Gasteiger partial charge in [0.1, 0.15) is 0 Å². The lowest BCUT2D eigenvalue weighted by atomic mass is 10.2. The quantitative estimate of drug-likeness (QED) is 0.812. The van der Waals surface area contributed by atoms with E-state index in [-0.39, 0.29) is 0 Å². The number of halogens is 2. The fourth-order valence-corrected chi connectivity index (χ4v) is 1.85. The third-order valence-electron chi connectivity index (χ3n) is 2.52. The number of rotatable bonds is 6. The first-order valence-electron chi connectivity index (χ1n) is 5.46. The maximum atomic E-state index is 5.93. The molecule has 0 heterocycles. The van der Waals surface area contributed by atoms with Crippen LogP contribution < -0.4 is 5.32 Å². The summed E-state index contributed by atoms with van der Waals surface area (Å²) in [6.45, 7) is 6.22. The number of benzene rings is 1. The Hall–Kier alpha value is -0.0900. The molecule has 1 aromatic carbocycles. The Morgan fingerprint density at radius 2 is 2.19 bits per heavy atom. The van der Waals surface area contributed by atoms with E-state index >= 15 is 0 Å². The summed E-state index contributed by atoms with van der Waals surface area (Å²) in [6.07, 6.45) is 0. The number of nitrogens with one attached hydrogen (secondary N) is 1. The molecular weight excluding hydrogens is 288 g/mol. The molecule has 2 nitrogen and oxygen atoms in total. The van der Waals surface area contributed by atoms with Crippen LogP contribution in [-0.2, 0) is 6.54 Å². The van der Waals surface area contributed by atoms with Crippen LogP contribution in [0.3, 0.4) is 0 Å². The van der Waals surface area contributed by atoms with Gasteiger partial charge in [0.05, 0.1) is 5.02 Å². The first-order valence-corrected chi connectivity index (χ1v) is 6.63. The molecule has 4 heteroatoms. The van der Waals surface area contributed by atoms with Gasteiger partial charge in [0.25, 0.3) is 0 Å². The average Bonchev–Trinajstić information content (AvgIpc) is 2.28. The molecule has 1 N–H and O–H groups in total. The van der Waals surface area contributed by atoms with Crippen molar-refractivity contribution in [2.24, 2.45) is 0 Å². The van der Waals surface area contributed by atoms with Crippen LogP contribution in [0.5, 0.6) is 0 Å². The maximum Gasteiger partial charge on any atom is 0.0548 e. The van der Waals surface area contributed by atoms with Gasteiger partial charge in [-0.15, -0.1) is 0 Å². The molecule has 0 aromatic heterocycles. The van der Waals surface area contributed by atoms with E-state index in [9.17, 15) is 0 Å². The minimum absolute atomic E-state index is 0.759. The third kappa shape index (κ3) is 4.83. The smallest absolute Gasteiger partial charge is 0.0548 e. The zero-order chi connectivity index (χ0) is 12.0. The molecule has 16 heavy (non-hydrogen) atoms. The van der Waals surface area contributed by atoms with Crippen molar-refractivity contribution >= 4 is 27.5 Å². The lowest BCUT2D eigenvalue weighted by Gasteiger charge is -2.14. The van der Waals surface area contributed by atoms with Crippen LogP contribution >= 0.6 is 27.5 Å². The van der Waals surface area contributed by atoms with Gasteiger partial charge in [-0.1, -0.05) is 24.6 Å². The van der Waals surface area contributed by atoms with Crippen molar-refractivity contribution < 1.29 is 0 Å². The fourth-order valence-electron chi connectivity index (χ4n) is 1.31. The van der Waals surface area contributed by atoms with Crippen molar-refractivity contribution in [3.05, 3.63) is 33.3 Å². The number of likely N-dealkylation sites (N-methyl/N-ethyl adjacent to an activating group) is 1. The van der Waals surface area contributed by atoms with Gasteiger partial charge in [-0.2, -0.15) is 0 Å². The predicted octanol–water partition coefficient (Wildman–Crippen LogP) is 3.14. The zero-order valence-electron chi connectivity index (χ0n) is 9.76. The minimum Gasteiger partial charge on any atom is -0.311 e. The normalized spacial score (nSPS) is 11.1. The van der Waals surface area contributed by atoms with Gasteiger partial charge in [0.2, 0.25) is 0 Å². The molecule has 0 saturated carbocycles. The van der Waals surface area contributed by atoms with Crippen LogP contribution in [0.1, 0.15) is 12.5 Å². The standard InChI is InChI=1S/C12H18BrClN2/c1-3-16(2)7-6-15-9-10-4-5-12(14)11(13)8-10/h4-5,8,15H,3,6-7,9H2,1-2H3. The lowest BCUT2D eigenvalue weighted by Crippen LogP contribution is -2.28. The summed E-state index contributed by atoms with van der Waals surface area (Å²) in [5.74, 6) is 0. The van der Waals surface area contributed by atoms with Crippen LogP contribution in [0.4, 0.5) is 0 Å². The van der Waals surface area contributed by atoms with Gasteiger partial charge < -0.3 is 10.2 Å². The van der Waals surface area contributed by atoms with Crippen LogP contribution in [-0.4, -0.2) is 31.6 Å². The van der Waals surface area contributed by atoms with Crippen molar-refractivity contribution in [2.75, 3.05) is 26.7 Å². The summed E-state index contributed by atoms with van der Waals surface area (Å²) < 4.78 is 0.958. The van der Waals surface area contributed by atoms with Crippen molar-refractivity contribution in [2.45, 2.75) is 13.5 Å². The van der Waals surface area contributed by atoms with Gasteiger partial charge in [-0.3, -0.25) is 0 Å². The highest BCUT2D eigenvalue weighted by atomic mass is 79.9. The molecule has 90 valence electrons. The molecular formula is C12H18BrClN2. The molecule has 0 saturated heterocycles. The van der Waals surface area contributed by atoms with Crippen molar-refractivity contribution in [1.29, 1.82) is 0 Å². The summed E-state index contributed by atoms with van der Waals surface area (Å²) in [5.41, 5.74) is 1.25. The minimum atomic E-state index is 0.759. The van der Waals surface area contributed by atoms with E-state index in [1.165, 1.54) is 5.56 Å². The van der Waals surface area contributed by atoms with Gasteiger partial charge in [-0.05, 0) is 47.2 Å². The third-order valence-corrected chi connectivity index (χ3v) is 3.74. The van der Waals surface area contributed by atoms with E-state index in [1.807, 2.05) is 12.1 Å². The average molecular weight is 306 g/mol. The zero-order valence-corrected chi connectivity index (χ0v) is 12.1. The van der Waals surface area contributed by atoms with Gasteiger partial charge in [0, 0.05) is 24.1 Å². The molecule has 0 fully saturated rings. The molecule has 0 unspecified atom stereocenters. The first-order chi connectivity index (χ1) is 7.63. The number of nitrogens with zero attached hydrogens (tertiary/aromatic N) is 1. The Kier molecular flexibility index (Phi) is 6.36. The first kappa shape index (κ1) is 14.0. The molecule has 1 rings (SSSR count). The van der Waals surface area contributed by atoms with E-state index < -0.39 is 0 Å². The van der Waals surface area contributed by atoms with Gasteiger partial charge >= 0.3 is 0 Å². The second-order valence-corrected chi connectivity index (χ2v) is 5.08. The Morgan fingerprint density at radius 1 is 1.44 bits per heavy atom. The van der Waals surface area contributed by atoms with E-state index in [0.29, 0.717) is 0 Å². The van der Waals surface area contributed by atoms with Crippen LogP contribution in [0.15, 0.2) is 22.7 Å². The van der Waals surface area contributed by atoms with E-state index in [0.717, 1.165) is 35.7 Å². The Morgan fingerprint density at radius 3 is 2.81 bits per heavy atom. The van der Waals surface area contributed by atoms with Gasteiger partial charge in [0.15, 0.2) is 0 Å². The molecule has 0 aliphatic rings. The second kappa shape index (κ2) is 7.28. The molecule has 0 spiro atoms. The summed E-state index contributed by atoms with van der Waals surface area (Å²) in [5, 5.41) is 4.17. The second-order valence-electron chi connectivity index (χ2n) is 3.82. The highest BCUT2D eigenvalue weighted by molar-refractivity contribution is 9.10. The fraction of sp³-hybridized carbons (Fsp3) is 0.500. The maximum absolute atomic E-state index is 5.93. The summed E-state index contributed by atoms with van der Waals surface area (Å²) in [6, 6.07) is 6.02. The summed E-state index contributed by atoms with van der Waals surface area (Å²) in [7, 11) is 2.13. The predicted molar refractivity (Wildman–Crippen MR) is 74.0 cm³/mol. The monoisotopic (exact) mass is 304 g/mol. The molecule has 0 aliphatic carbocycles. The Labute approximate surface area is 111 Å². The summed E-state index contributed by atoms with van der Waals surface area (Å²) >= 11 is 9.35. The topological polar surface area (TPSA) is 15.3 Å². The molecule has 0 aliphatic heterocycles. The van der Waals surface area contributed by atoms with Gasteiger partial charge in [-0.25, -0.2) is 0 Å². The Bertz CT molecular complexity index is 331. The Balaban J connectivity index is 2.29. The highest BCUT2D eigenvalue weighted by Crippen LogP contribution is 2.22. The summed E-state index contributed by atoms with van der Waals surface area (Å²) in [4.78, 5) is 2.28. The molecule has 0 bridgehead atoms. The van der Waals surface area contributed by atoms with Crippen molar-refractivity contribution in [1.82, 2.24) is 10.2 Å². The lowest BCUT2D eigenvalue weighted by molar-refractivity contribution is 0.349. The SMILES string of the molecule is CCN(C)CCNCc1ccc(Cl)c(Br)c1. The number of hydrogen-bond donors (Lipinski definition) is 1. The van der Waals surface area contributed by atoms with Crippen LogP contribution in [0, 0.1) is 0 Å². The van der Waals surface area contributed by atoms with Crippen LogP contribution in [0.2, 0.25) is 5.02 Å². The molecule has 0 radical (unpaired) electrons. The molecule has 0 atom stereocenters. The molecule has 1 aromatic rings. The number of hydrogen-bond acceptors (Lipinski definition) is 2. The largest absolute Gasteiger partial charge is 0.311 e. The highest BCUT2D eigenvalue weighted by Gasteiger charge is 1.99. The van der Waals surface area contributed by atoms with E-state index in [1.54, 1.807) is 0 Å². The van der Waals surface area contributed by atoms with Crippen molar-refractivity contribution in [3.8, 4) is 0 Å². The van der Waals surface area contributed by atoms with Crippen LogP contribution in [0.25, 0.3) is 0 Å². The molecule has 0 amide bonds. The van der Waals surface area contributed by atoms with E-state index in [4.69, 9.17) is 11.6 Å². The van der Waals surface area contributed by atoms with E-state index in [2.05, 4.69) is 46.2 Å².